The molecule has 0 saturated heterocycles. The summed E-state index contributed by atoms with van der Waals surface area (Å²) in [4.78, 5) is 31.4. The van der Waals surface area contributed by atoms with Gasteiger partial charge in [0.2, 0.25) is 0 Å². The minimum absolute atomic E-state index is 0.0173. The summed E-state index contributed by atoms with van der Waals surface area (Å²) in [7, 11) is 0. The molecule has 1 aromatic heterocycles. The Kier molecular flexibility index (Phi) is 3.59. The van der Waals surface area contributed by atoms with E-state index in [1.54, 1.807) is 0 Å². The van der Waals surface area contributed by atoms with Crippen molar-refractivity contribution >= 4 is 11.8 Å². The van der Waals surface area contributed by atoms with Crippen LogP contribution in [0.25, 0.3) is 0 Å². The largest absolute Gasteiger partial charge is 0.448 e. The molecule has 0 bridgehead atoms. The molecule has 0 aliphatic carbocycles. The van der Waals surface area contributed by atoms with Crippen LogP contribution in [0.5, 0.6) is 0 Å². The lowest BCUT2D eigenvalue weighted by Gasteiger charge is -2.04. The van der Waals surface area contributed by atoms with Crippen LogP contribution in [0, 0.1) is 10.1 Å². The van der Waals surface area contributed by atoms with Crippen molar-refractivity contribution in [1.82, 2.24) is 4.57 Å². The highest BCUT2D eigenvalue weighted by Crippen LogP contribution is 2.01. The Morgan fingerprint density at radius 3 is 2.88 bits per heavy atom. The maximum Gasteiger partial charge on any atom is 0.404 e. The molecule has 0 spiro atoms. The smallest absolute Gasteiger partial charge is 0.404 e. The SMILES string of the molecule is NC(=O)OCCn1cccc([N+](=O)[O-])c1=O. The average Bonchev–Trinajstić information content (AvgIpc) is 2.19. The Labute approximate surface area is 89.4 Å². The van der Waals surface area contributed by atoms with Gasteiger partial charge in [-0.05, 0) is 6.07 Å². The van der Waals surface area contributed by atoms with Crippen LogP contribution in [-0.4, -0.2) is 22.2 Å². The van der Waals surface area contributed by atoms with Crippen LogP contribution < -0.4 is 11.3 Å². The van der Waals surface area contributed by atoms with E-state index in [0.29, 0.717) is 0 Å². The maximum atomic E-state index is 11.4. The molecule has 0 aromatic carbocycles. The van der Waals surface area contributed by atoms with Crippen molar-refractivity contribution in [3.05, 3.63) is 38.8 Å². The van der Waals surface area contributed by atoms with Crippen molar-refractivity contribution in [3.63, 3.8) is 0 Å². The number of ether oxygens (including phenoxy) is 1. The topological polar surface area (TPSA) is 117 Å². The van der Waals surface area contributed by atoms with Gasteiger partial charge in [0.1, 0.15) is 6.61 Å². The average molecular weight is 227 g/mol. The Balaban J connectivity index is 2.82. The van der Waals surface area contributed by atoms with Crippen molar-refractivity contribution in [2.75, 3.05) is 6.61 Å². The van der Waals surface area contributed by atoms with Crippen LogP contribution in [-0.2, 0) is 11.3 Å². The zero-order valence-corrected chi connectivity index (χ0v) is 8.16. The first-order chi connectivity index (χ1) is 7.52. The quantitative estimate of drug-likeness (QED) is 0.567. The van der Waals surface area contributed by atoms with E-state index in [4.69, 9.17) is 5.73 Å². The molecular formula is C8H9N3O5. The lowest BCUT2D eigenvalue weighted by Crippen LogP contribution is -2.25. The fraction of sp³-hybridized carbons (Fsp3) is 0.250. The first kappa shape index (κ1) is 11.7. The summed E-state index contributed by atoms with van der Waals surface area (Å²) in [6.07, 6.45) is 0.401. The number of carbonyl (C=O) groups is 1. The Bertz CT molecular complexity index is 467. The van der Waals surface area contributed by atoms with Gasteiger partial charge in [-0.3, -0.25) is 14.9 Å². The highest BCUT2D eigenvalue weighted by molar-refractivity contribution is 5.64. The maximum absolute atomic E-state index is 11.4. The monoisotopic (exact) mass is 227 g/mol. The second kappa shape index (κ2) is 4.91. The zero-order chi connectivity index (χ0) is 12.1. The first-order valence-electron chi connectivity index (χ1n) is 4.28. The van der Waals surface area contributed by atoms with Gasteiger partial charge in [-0.2, -0.15) is 0 Å². The number of rotatable bonds is 4. The van der Waals surface area contributed by atoms with Gasteiger partial charge in [-0.1, -0.05) is 0 Å². The number of hydrogen-bond donors (Lipinski definition) is 1. The predicted octanol–water partition coefficient (Wildman–Crippen LogP) is -0.148. The summed E-state index contributed by atoms with van der Waals surface area (Å²) in [5.41, 5.74) is 3.44. The molecule has 16 heavy (non-hydrogen) atoms. The van der Waals surface area contributed by atoms with Crippen molar-refractivity contribution in [2.45, 2.75) is 6.54 Å². The van der Waals surface area contributed by atoms with Gasteiger partial charge >= 0.3 is 17.3 Å². The molecule has 0 atom stereocenters. The van der Waals surface area contributed by atoms with Gasteiger partial charge in [0.05, 0.1) is 11.5 Å². The first-order valence-corrected chi connectivity index (χ1v) is 4.28. The molecule has 1 amide bonds. The third kappa shape index (κ3) is 2.80. The number of nitrogens with zero attached hydrogens (tertiary/aromatic N) is 2. The molecule has 0 saturated carbocycles. The molecule has 8 heteroatoms. The van der Waals surface area contributed by atoms with Crippen molar-refractivity contribution in [2.24, 2.45) is 5.73 Å². The summed E-state index contributed by atoms with van der Waals surface area (Å²) >= 11 is 0. The van der Waals surface area contributed by atoms with Crippen molar-refractivity contribution in [1.29, 1.82) is 0 Å². The van der Waals surface area contributed by atoms with Crippen LogP contribution in [0.15, 0.2) is 23.1 Å². The van der Waals surface area contributed by atoms with Crippen LogP contribution >= 0.6 is 0 Å². The summed E-state index contributed by atoms with van der Waals surface area (Å²) in [5, 5.41) is 10.4. The van der Waals surface area contributed by atoms with E-state index in [1.165, 1.54) is 12.3 Å². The van der Waals surface area contributed by atoms with E-state index in [2.05, 4.69) is 4.74 Å². The Hall–Kier alpha value is -2.38. The normalized spacial score (nSPS) is 9.75. The zero-order valence-electron chi connectivity index (χ0n) is 8.16. The molecule has 1 heterocycles. The van der Waals surface area contributed by atoms with Crippen LogP contribution in [0.3, 0.4) is 0 Å². The molecule has 86 valence electrons. The third-order valence-electron chi connectivity index (χ3n) is 1.77. The lowest BCUT2D eigenvalue weighted by molar-refractivity contribution is -0.386. The number of carbonyl (C=O) groups excluding carboxylic acids is 1. The molecule has 0 radical (unpaired) electrons. The van der Waals surface area contributed by atoms with Crippen LogP contribution in [0.4, 0.5) is 10.5 Å². The molecule has 2 N–H and O–H groups in total. The molecule has 0 aliphatic heterocycles. The highest BCUT2D eigenvalue weighted by Gasteiger charge is 2.13. The van der Waals surface area contributed by atoms with E-state index in [0.717, 1.165) is 10.6 Å². The molecule has 0 aliphatic rings. The van der Waals surface area contributed by atoms with Gasteiger partial charge in [0.15, 0.2) is 0 Å². The summed E-state index contributed by atoms with van der Waals surface area (Å²) in [6, 6.07) is 2.47. The van der Waals surface area contributed by atoms with E-state index < -0.39 is 22.3 Å². The summed E-state index contributed by atoms with van der Waals surface area (Å²) in [5.74, 6) is 0. The molecule has 0 fully saturated rings. The van der Waals surface area contributed by atoms with Gasteiger partial charge in [-0.15, -0.1) is 0 Å². The van der Waals surface area contributed by atoms with Crippen molar-refractivity contribution in [3.8, 4) is 0 Å². The number of primary amides is 1. The van der Waals surface area contributed by atoms with Gasteiger partial charge in [0, 0.05) is 12.3 Å². The minimum atomic E-state index is -0.960. The molecule has 1 aromatic rings. The summed E-state index contributed by atoms with van der Waals surface area (Å²) in [6.45, 7) is -0.0974. The van der Waals surface area contributed by atoms with E-state index in [1.807, 2.05) is 0 Å². The molecule has 1 rings (SSSR count). The molecule has 8 nitrogen and oxygen atoms in total. The number of nitro groups is 1. The van der Waals surface area contributed by atoms with Crippen molar-refractivity contribution < 1.29 is 14.5 Å². The summed E-state index contributed by atoms with van der Waals surface area (Å²) < 4.78 is 5.48. The number of aromatic nitrogens is 1. The van der Waals surface area contributed by atoms with Crippen LogP contribution in [0.2, 0.25) is 0 Å². The van der Waals surface area contributed by atoms with E-state index >= 15 is 0 Å². The molecule has 0 unspecified atom stereocenters. The fourth-order valence-electron chi connectivity index (χ4n) is 1.08. The number of nitrogens with two attached hydrogens (primary N) is 1. The van der Waals surface area contributed by atoms with Gasteiger partial charge in [-0.25, -0.2) is 4.79 Å². The second-order valence-corrected chi connectivity index (χ2v) is 2.82. The standard InChI is InChI=1S/C8H9N3O5/c9-8(13)16-5-4-10-3-1-2-6(7(10)12)11(14)15/h1-3H,4-5H2,(H2,9,13). The Morgan fingerprint density at radius 2 is 2.31 bits per heavy atom. The minimum Gasteiger partial charge on any atom is -0.448 e. The van der Waals surface area contributed by atoms with E-state index in [-0.39, 0.29) is 13.2 Å². The van der Waals surface area contributed by atoms with Gasteiger partial charge in [0.25, 0.3) is 0 Å². The number of pyridine rings is 1. The van der Waals surface area contributed by atoms with E-state index in [9.17, 15) is 19.7 Å². The number of hydrogen-bond acceptors (Lipinski definition) is 5. The van der Waals surface area contributed by atoms with Crippen LogP contribution in [0.1, 0.15) is 0 Å². The Morgan fingerprint density at radius 1 is 1.62 bits per heavy atom. The third-order valence-corrected chi connectivity index (χ3v) is 1.77. The molecular weight excluding hydrogens is 218 g/mol. The predicted molar refractivity (Wildman–Crippen MR) is 52.9 cm³/mol. The highest BCUT2D eigenvalue weighted by atomic mass is 16.6. The number of amides is 1. The second-order valence-electron chi connectivity index (χ2n) is 2.82. The van der Waals surface area contributed by atoms with Gasteiger partial charge < -0.3 is 15.0 Å². The fourth-order valence-corrected chi connectivity index (χ4v) is 1.08. The lowest BCUT2D eigenvalue weighted by atomic mass is 10.4.